The van der Waals surface area contributed by atoms with Gasteiger partial charge in [0.15, 0.2) is 0 Å². The minimum absolute atomic E-state index is 0.206. The lowest BCUT2D eigenvalue weighted by atomic mass is 9.59. The molecule has 3 aliphatic rings. The molecule has 3 fully saturated rings. The van der Waals surface area contributed by atoms with Crippen molar-refractivity contribution < 1.29 is 14.9 Å². The average molecular weight is 400 g/mol. The van der Waals surface area contributed by atoms with Crippen molar-refractivity contribution in [1.29, 1.82) is 0 Å². The second-order valence-electron chi connectivity index (χ2n) is 9.95. The summed E-state index contributed by atoms with van der Waals surface area (Å²) in [5, 5.41) is 18.6. The molecule has 0 saturated heterocycles. The fourth-order valence-electron chi connectivity index (χ4n) is 6.07. The van der Waals surface area contributed by atoms with Crippen LogP contribution in [-0.4, -0.2) is 35.6 Å². The van der Waals surface area contributed by atoms with Crippen LogP contribution in [0.1, 0.15) is 51.0 Å². The molecule has 29 heavy (non-hydrogen) atoms. The first-order chi connectivity index (χ1) is 14.0. The van der Waals surface area contributed by atoms with Gasteiger partial charge in [0.05, 0.1) is 25.4 Å². The van der Waals surface area contributed by atoms with Gasteiger partial charge in [-0.05, 0) is 92.2 Å². The molecule has 4 rings (SSSR count). The maximum atomic E-state index is 9.29. The SMILES string of the molecule is CC1CC2CC3C(=CCCOc4ccc(CCC(N)(CO)CO)cc4)C(C1)C3C2. The fraction of sp³-hybridized carbons (Fsp3) is 0.680. The number of ether oxygens (including phenoxy) is 1. The number of aliphatic hydroxyl groups is 2. The maximum absolute atomic E-state index is 9.29. The lowest BCUT2D eigenvalue weighted by Crippen LogP contribution is -2.47. The minimum atomic E-state index is -0.904. The van der Waals surface area contributed by atoms with E-state index < -0.39 is 5.54 Å². The van der Waals surface area contributed by atoms with Gasteiger partial charge in [-0.25, -0.2) is 0 Å². The van der Waals surface area contributed by atoms with Gasteiger partial charge in [-0.15, -0.1) is 0 Å². The maximum Gasteiger partial charge on any atom is 0.119 e. The first-order valence-electron chi connectivity index (χ1n) is 11.4. The molecule has 2 bridgehead atoms. The summed E-state index contributed by atoms with van der Waals surface area (Å²) in [5.41, 5.74) is 7.92. The van der Waals surface area contributed by atoms with E-state index >= 15 is 0 Å². The van der Waals surface area contributed by atoms with E-state index in [0.717, 1.165) is 60.4 Å². The Morgan fingerprint density at radius 2 is 1.79 bits per heavy atom. The summed E-state index contributed by atoms with van der Waals surface area (Å²) >= 11 is 0. The Bertz CT molecular complexity index is 709. The van der Waals surface area contributed by atoms with Crippen LogP contribution in [0.2, 0.25) is 0 Å². The number of benzene rings is 1. The molecule has 0 spiro atoms. The van der Waals surface area contributed by atoms with Crippen LogP contribution in [0.5, 0.6) is 5.75 Å². The molecule has 160 valence electrons. The molecular weight excluding hydrogens is 362 g/mol. The van der Waals surface area contributed by atoms with E-state index in [9.17, 15) is 10.2 Å². The van der Waals surface area contributed by atoms with Crippen molar-refractivity contribution in [2.45, 2.75) is 57.4 Å². The van der Waals surface area contributed by atoms with Crippen molar-refractivity contribution in [3.05, 3.63) is 41.5 Å². The molecule has 4 N–H and O–H groups in total. The van der Waals surface area contributed by atoms with Crippen LogP contribution >= 0.6 is 0 Å². The number of aryl methyl sites for hydroxylation is 1. The average Bonchev–Trinajstić information content (AvgIpc) is 3.01. The van der Waals surface area contributed by atoms with Crippen molar-refractivity contribution in [2.75, 3.05) is 19.8 Å². The van der Waals surface area contributed by atoms with Gasteiger partial charge >= 0.3 is 0 Å². The smallest absolute Gasteiger partial charge is 0.119 e. The molecule has 0 aliphatic heterocycles. The molecule has 0 heterocycles. The number of nitrogens with two attached hydrogens (primary N) is 1. The number of hydrogen-bond donors (Lipinski definition) is 3. The Labute approximate surface area is 175 Å². The molecule has 3 aliphatic carbocycles. The number of hydrogen-bond acceptors (Lipinski definition) is 4. The first-order valence-corrected chi connectivity index (χ1v) is 11.4. The van der Waals surface area contributed by atoms with E-state index in [1.165, 1.54) is 25.7 Å². The molecule has 1 aromatic carbocycles. The molecule has 5 atom stereocenters. The zero-order valence-corrected chi connectivity index (χ0v) is 17.7. The molecular formula is C25H37NO3. The Kier molecular flexibility index (Phi) is 6.33. The Hall–Kier alpha value is -1.36. The highest BCUT2D eigenvalue weighted by Crippen LogP contribution is 2.62. The zero-order valence-electron chi connectivity index (χ0n) is 17.7. The van der Waals surface area contributed by atoms with Crippen LogP contribution in [0, 0.1) is 29.6 Å². The summed E-state index contributed by atoms with van der Waals surface area (Å²) in [4.78, 5) is 0. The molecule has 3 saturated carbocycles. The quantitative estimate of drug-likeness (QED) is 0.437. The summed E-state index contributed by atoms with van der Waals surface area (Å²) in [6, 6.07) is 8.09. The van der Waals surface area contributed by atoms with Gasteiger partial charge in [-0.1, -0.05) is 30.7 Å². The molecule has 1 aromatic rings. The Balaban J connectivity index is 1.23. The van der Waals surface area contributed by atoms with Crippen LogP contribution in [0.15, 0.2) is 35.9 Å². The monoisotopic (exact) mass is 399 g/mol. The molecule has 4 nitrogen and oxygen atoms in total. The first kappa shape index (κ1) is 20.9. The van der Waals surface area contributed by atoms with Gasteiger partial charge in [0.1, 0.15) is 5.75 Å². The highest BCUT2D eigenvalue weighted by atomic mass is 16.5. The van der Waals surface area contributed by atoms with Gasteiger partial charge in [0.25, 0.3) is 0 Å². The Morgan fingerprint density at radius 3 is 2.52 bits per heavy atom. The number of aliphatic hydroxyl groups excluding tert-OH is 2. The van der Waals surface area contributed by atoms with Crippen molar-refractivity contribution in [1.82, 2.24) is 0 Å². The van der Waals surface area contributed by atoms with Gasteiger partial charge in [0.2, 0.25) is 0 Å². The molecule has 0 amide bonds. The fourth-order valence-corrected chi connectivity index (χ4v) is 6.07. The highest BCUT2D eigenvalue weighted by Gasteiger charge is 2.53. The minimum Gasteiger partial charge on any atom is -0.493 e. The van der Waals surface area contributed by atoms with Crippen LogP contribution in [0.3, 0.4) is 0 Å². The van der Waals surface area contributed by atoms with E-state index in [-0.39, 0.29) is 13.2 Å². The molecule has 0 radical (unpaired) electrons. The van der Waals surface area contributed by atoms with Gasteiger partial charge in [-0.3, -0.25) is 0 Å². The lowest BCUT2D eigenvalue weighted by Gasteiger charge is -2.45. The molecule has 0 aromatic heterocycles. The predicted octanol–water partition coefficient (Wildman–Crippen LogP) is 3.70. The third-order valence-electron chi connectivity index (χ3n) is 7.71. The van der Waals surface area contributed by atoms with E-state index in [0.29, 0.717) is 6.42 Å². The van der Waals surface area contributed by atoms with E-state index in [4.69, 9.17) is 10.5 Å². The number of fused-ring (bicyclic) bond motifs is 1. The number of rotatable bonds is 9. The van der Waals surface area contributed by atoms with E-state index in [1.807, 2.05) is 24.3 Å². The van der Waals surface area contributed by atoms with Crippen molar-refractivity contribution in [3.8, 4) is 5.75 Å². The second kappa shape index (κ2) is 8.79. The van der Waals surface area contributed by atoms with Gasteiger partial charge < -0.3 is 20.7 Å². The second-order valence-corrected chi connectivity index (χ2v) is 9.95. The normalized spacial score (nSPS) is 32.1. The predicted molar refractivity (Wildman–Crippen MR) is 116 cm³/mol. The summed E-state index contributed by atoms with van der Waals surface area (Å²) in [6.45, 7) is 2.76. The van der Waals surface area contributed by atoms with Gasteiger partial charge in [0, 0.05) is 0 Å². The summed E-state index contributed by atoms with van der Waals surface area (Å²) in [6.07, 6.45) is 10.6. The third-order valence-corrected chi connectivity index (χ3v) is 7.71. The van der Waals surface area contributed by atoms with Crippen molar-refractivity contribution in [3.63, 3.8) is 0 Å². The summed E-state index contributed by atoms with van der Waals surface area (Å²) in [7, 11) is 0. The zero-order chi connectivity index (χ0) is 20.4. The van der Waals surface area contributed by atoms with Crippen LogP contribution < -0.4 is 10.5 Å². The van der Waals surface area contributed by atoms with Gasteiger partial charge in [-0.2, -0.15) is 0 Å². The standard InChI is InChI=1S/C25H37NO3/c1-17-11-19-13-23-21(22(12-17)24(23)14-19)3-2-10-29-20-6-4-18(5-7-20)8-9-25(26,15-27)16-28/h3-7,17,19,22-24,27-28H,2,8-16,26H2,1H3. The molecule has 5 unspecified atom stereocenters. The summed E-state index contributed by atoms with van der Waals surface area (Å²) in [5.74, 6) is 5.54. The van der Waals surface area contributed by atoms with Crippen LogP contribution in [0.4, 0.5) is 0 Å². The highest BCUT2D eigenvalue weighted by molar-refractivity contribution is 5.29. The van der Waals surface area contributed by atoms with Crippen LogP contribution in [0.25, 0.3) is 0 Å². The Morgan fingerprint density at radius 1 is 1.07 bits per heavy atom. The summed E-state index contributed by atoms with van der Waals surface area (Å²) < 4.78 is 5.95. The molecule has 4 heteroatoms. The topological polar surface area (TPSA) is 75.7 Å². The van der Waals surface area contributed by atoms with Crippen molar-refractivity contribution >= 4 is 0 Å². The lowest BCUT2D eigenvalue weighted by molar-refractivity contribution is 0.115. The third kappa shape index (κ3) is 4.55. The van der Waals surface area contributed by atoms with Crippen molar-refractivity contribution in [2.24, 2.45) is 35.3 Å². The largest absolute Gasteiger partial charge is 0.493 e. The van der Waals surface area contributed by atoms with Crippen LogP contribution in [-0.2, 0) is 6.42 Å². The van der Waals surface area contributed by atoms with E-state index in [2.05, 4.69) is 13.0 Å². The van der Waals surface area contributed by atoms with E-state index in [1.54, 1.807) is 5.57 Å². The number of allylic oxidation sites excluding steroid dienone is 1.